The quantitative estimate of drug-likeness (QED) is 0.468. The fourth-order valence-corrected chi connectivity index (χ4v) is 2.82. The van der Waals surface area contributed by atoms with E-state index in [1.165, 1.54) is 31.4 Å². The number of aromatic nitrogens is 2. The van der Waals surface area contributed by atoms with Crippen molar-refractivity contribution in [3.63, 3.8) is 0 Å². The molecule has 1 aromatic carbocycles. The molecule has 6 nitrogen and oxygen atoms in total. The highest BCUT2D eigenvalue weighted by molar-refractivity contribution is 9.18. The van der Waals surface area contributed by atoms with Crippen molar-refractivity contribution in [2.75, 3.05) is 7.11 Å². The average molecular weight is 501 g/mol. The van der Waals surface area contributed by atoms with Crippen LogP contribution in [0, 0.1) is 0 Å². The second kappa shape index (κ2) is 8.54. The van der Waals surface area contributed by atoms with Crippen LogP contribution in [0.1, 0.15) is 11.3 Å². The fraction of sp³-hybridized carbons (Fsp3) is 0.188. The third-order valence-corrected chi connectivity index (χ3v) is 4.93. The van der Waals surface area contributed by atoms with Crippen LogP contribution in [0.5, 0.6) is 0 Å². The van der Waals surface area contributed by atoms with Gasteiger partial charge >= 0.3 is 11.9 Å². The largest absolute Gasteiger partial charge is 0.431 e. The number of alkyl halides is 3. The van der Waals surface area contributed by atoms with Gasteiger partial charge in [-0.25, -0.2) is 9.36 Å². The molecule has 0 atom stereocenters. The van der Waals surface area contributed by atoms with Crippen LogP contribution in [0.3, 0.4) is 0 Å². The number of benzene rings is 1. The molecule has 0 bridgehead atoms. The van der Waals surface area contributed by atoms with Crippen molar-refractivity contribution in [1.29, 1.82) is 0 Å². The normalized spacial score (nSPS) is 13.0. The van der Waals surface area contributed by atoms with Gasteiger partial charge in [-0.2, -0.15) is 13.2 Å². The monoisotopic (exact) mass is 499 g/mol. The summed E-state index contributed by atoms with van der Waals surface area (Å²) < 4.78 is 40.0. The Kier molecular flexibility index (Phi) is 6.79. The molecule has 0 amide bonds. The molecule has 0 unspecified atom stereocenters. The molecule has 150 valence electrons. The van der Waals surface area contributed by atoms with E-state index < -0.39 is 23.1 Å². The summed E-state index contributed by atoms with van der Waals surface area (Å²) in [5.41, 5.74) is -3.35. The third kappa shape index (κ3) is 4.68. The number of hydrogen-bond donors (Lipinski definition) is 0. The van der Waals surface area contributed by atoms with Crippen LogP contribution in [0.4, 0.5) is 13.2 Å². The Bertz CT molecular complexity index is 1090. The molecule has 0 aliphatic carbocycles. The lowest BCUT2D eigenvalue weighted by atomic mass is 10.2. The number of halogens is 6. The third-order valence-electron chi connectivity index (χ3n) is 3.50. The van der Waals surface area contributed by atoms with Gasteiger partial charge in [-0.05, 0) is 45.8 Å². The first-order chi connectivity index (χ1) is 13.0. The molecule has 2 aromatic rings. The number of allylic oxidation sites excluding steroid dienone is 1. The van der Waals surface area contributed by atoms with E-state index >= 15 is 0 Å². The van der Waals surface area contributed by atoms with Crippen LogP contribution in [0.2, 0.25) is 5.02 Å². The molecular weight excluding hydrogens is 490 g/mol. The standard InChI is InChI=1S/C16H11BrCl2F3N3O3/c1-24-12(16(20,21)22)7-13(26)25(15(24)27)9-3-4-10(18)8(5-9)6-11(19)14(17)23-28-2/h3-7H,1-2H3. The van der Waals surface area contributed by atoms with E-state index in [0.717, 1.165) is 7.05 Å². The molecule has 0 saturated heterocycles. The number of nitrogens with zero attached hydrogens (tertiary/aromatic N) is 3. The molecule has 28 heavy (non-hydrogen) atoms. The lowest BCUT2D eigenvalue weighted by molar-refractivity contribution is -0.144. The zero-order chi connectivity index (χ0) is 21.2. The highest BCUT2D eigenvalue weighted by Crippen LogP contribution is 2.27. The Balaban J connectivity index is 2.68. The highest BCUT2D eigenvalue weighted by Gasteiger charge is 2.35. The molecule has 0 aliphatic heterocycles. The lowest BCUT2D eigenvalue weighted by Crippen LogP contribution is -2.40. The summed E-state index contributed by atoms with van der Waals surface area (Å²) in [5.74, 6) is 0. The summed E-state index contributed by atoms with van der Waals surface area (Å²) in [6.07, 6.45) is -3.47. The van der Waals surface area contributed by atoms with E-state index in [2.05, 4.69) is 25.9 Å². The molecule has 2 rings (SSSR count). The summed E-state index contributed by atoms with van der Waals surface area (Å²) in [4.78, 5) is 29.2. The Morgan fingerprint density at radius 3 is 2.50 bits per heavy atom. The Morgan fingerprint density at radius 1 is 1.29 bits per heavy atom. The minimum Gasteiger partial charge on any atom is -0.398 e. The van der Waals surface area contributed by atoms with Gasteiger partial charge in [0.15, 0.2) is 4.62 Å². The van der Waals surface area contributed by atoms with Gasteiger partial charge in [0.05, 0.1) is 10.7 Å². The van der Waals surface area contributed by atoms with Gasteiger partial charge in [-0.3, -0.25) is 9.36 Å². The van der Waals surface area contributed by atoms with E-state index in [1.807, 2.05) is 0 Å². The molecule has 0 radical (unpaired) electrons. The maximum atomic E-state index is 13.0. The molecule has 0 spiro atoms. The Labute approximate surface area is 174 Å². The van der Waals surface area contributed by atoms with Crippen molar-refractivity contribution in [2.24, 2.45) is 12.2 Å². The van der Waals surface area contributed by atoms with Crippen LogP contribution in [-0.2, 0) is 18.1 Å². The van der Waals surface area contributed by atoms with E-state index in [1.54, 1.807) is 0 Å². The van der Waals surface area contributed by atoms with Gasteiger partial charge < -0.3 is 4.84 Å². The van der Waals surface area contributed by atoms with Crippen molar-refractivity contribution >= 4 is 49.8 Å². The first kappa shape index (κ1) is 22.3. The van der Waals surface area contributed by atoms with Crippen LogP contribution in [0.25, 0.3) is 11.8 Å². The molecule has 0 aliphatic rings. The molecule has 1 aromatic heterocycles. The summed E-state index contributed by atoms with van der Waals surface area (Å²) in [6, 6.07) is 4.37. The van der Waals surface area contributed by atoms with Crippen molar-refractivity contribution in [1.82, 2.24) is 9.13 Å². The SMILES string of the molecule is CON=C(Br)C(Cl)=Cc1cc(-n2c(=O)cc(C(F)(F)F)n(C)c2=O)ccc1Cl. The predicted molar refractivity (Wildman–Crippen MR) is 104 cm³/mol. The van der Waals surface area contributed by atoms with Gasteiger partial charge in [0.1, 0.15) is 12.8 Å². The Hall–Kier alpha value is -2.04. The van der Waals surface area contributed by atoms with Gasteiger partial charge in [-0.1, -0.05) is 28.4 Å². The summed E-state index contributed by atoms with van der Waals surface area (Å²) in [6.45, 7) is 0. The van der Waals surface area contributed by atoms with Crippen molar-refractivity contribution in [3.8, 4) is 5.69 Å². The smallest absolute Gasteiger partial charge is 0.398 e. The van der Waals surface area contributed by atoms with Gasteiger partial charge in [0.2, 0.25) is 0 Å². The highest BCUT2D eigenvalue weighted by atomic mass is 79.9. The van der Waals surface area contributed by atoms with Crippen molar-refractivity contribution in [2.45, 2.75) is 6.18 Å². The first-order valence-electron chi connectivity index (χ1n) is 7.31. The summed E-state index contributed by atoms with van der Waals surface area (Å²) in [5, 5.41) is 3.89. The van der Waals surface area contributed by atoms with E-state index in [0.29, 0.717) is 20.8 Å². The van der Waals surface area contributed by atoms with Crippen molar-refractivity contribution in [3.05, 3.63) is 66.4 Å². The summed E-state index contributed by atoms with van der Waals surface area (Å²) in [7, 11) is 2.23. The Morgan fingerprint density at radius 2 is 1.93 bits per heavy atom. The minimum absolute atomic E-state index is 0.0132. The van der Waals surface area contributed by atoms with Crippen molar-refractivity contribution < 1.29 is 18.0 Å². The zero-order valence-electron chi connectivity index (χ0n) is 14.2. The maximum absolute atomic E-state index is 13.0. The molecule has 0 saturated carbocycles. The number of rotatable bonds is 4. The molecule has 12 heteroatoms. The van der Waals surface area contributed by atoms with Gasteiger partial charge in [0.25, 0.3) is 5.56 Å². The van der Waals surface area contributed by atoms with E-state index in [4.69, 9.17) is 23.2 Å². The van der Waals surface area contributed by atoms with Crippen LogP contribution < -0.4 is 11.2 Å². The van der Waals surface area contributed by atoms with Gasteiger partial charge in [0, 0.05) is 18.1 Å². The van der Waals surface area contributed by atoms with Gasteiger partial charge in [-0.15, -0.1) is 0 Å². The number of hydrogen-bond acceptors (Lipinski definition) is 4. The zero-order valence-corrected chi connectivity index (χ0v) is 17.3. The first-order valence-corrected chi connectivity index (χ1v) is 8.86. The van der Waals surface area contributed by atoms with E-state index in [9.17, 15) is 22.8 Å². The maximum Gasteiger partial charge on any atom is 0.431 e. The topological polar surface area (TPSA) is 65.6 Å². The second-order valence-corrected chi connectivity index (χ2v) is 6.87. The van der Waals surface area contributed by atoms with Crippen LogP contribution in [0.15, 0.2) is 44.0 Å². The number of oxime groups is 1. The molecular formula is C16H11BrCl2F3N3O3. The molecule has 1 heterocycles. The lowest BCUT2D eigenvalue weighted by Gasteiger charge is -2.14. The fourth-order valence-electron chi connectivity index (χ4n) is 2.24. The van der Waals surface area contributed by atoms with E-state index in [-0.39, 0.29) is 20.4 Å². The molecule has 0 N–H and O–H groups in total. The summed E-state index contributed by atoms with van der Waals surface area (Å²) >= 11 is 15.2. The van der Waals surface area contributed by atoms with Crippen LogP contribution >= 0.6 is 39.1 Å². The average Bonchev–Trinajstić information content (AvgIpc) is 2.60. The predicted octanol–water partition coefficient (Wildman–Crippen LogP) is 4.14. The van der Waals surface area contributed by atoms with Crippen LogP contribution in [-0.4, -0.2) is 20.9 Å². The minimum atomic E-state index is -4.85. The molecule has 0 fully saturated rings. The second-order valence-electron chi connectivity index (χ2n) is 5.31.